The van der Waals surface area contributed by atoms with E-state index in [-0.39, 0.29) is 5.56 Å². The summed E-state index contributed by atoms with van der Waals surface area (Å²) >= 11 is 7.65. The average molecular weight is 315 g/mol. The van der Waals surface area contributed by atoms with Crippen LogP contribution in [0.25, 0.3) is 16.9 Å². The van der Waals surface area contributed by atoms with E-state index in [1.807, 2.05) is 0 Å². The molecule has 3 nitrogen and oxygen atoms in total. The van der Waals surface area contributed by atoms with Gasteiger partial charge >= 0.3 is 0 Å². The second-order valence-corrected chi connectivity index (χ2v) is 6.44. The molecule has 1 aliphatic rings. The van der Waals surface area contributed by atoms with E-state index in [1.165, 1.54) is 9.56 Å². The van der Waals surface area contributed by atoms with Crippen LogP contribution in [0.15, 0.2) is 46.6 Å². The molecule has 0 radical (unpaired) electrons. The van der Waals surface area contributed by atoms with Gasteiger partial charge in [-0.3, -0.25) is 4.79 Å². The smallest absolute Gasteiger partial charge is 0.267 e. The fourth-order valence-corrected chi connectivity index (χ4v) is 3.68. The monoisotopic (exact) mass is 314 g/mol. The van der Waals surface area contributed by atoms with Gasteiger partial charge in [0.1, 0.15) is 0 Å². The summed E-state index contributed by atoms with van der Waals surface area (Å²) in [5.74, 6) is 0. The standard InChI is InChI=1S/C16H11ClN2OS/c17-11-2-4-12(5-3-11)19-15(20)9-10-1-6-14-13(7-8-21-14)16(10)18-19/h2-5,7-9H,1,6H2. The highest BCUT2D eigenvalue weighted by Gasteiger charge is 2.20. The summed E-state index contributed by atoms with van der Waals surface area (Å²) in [6, 6.07) is 10.9. The van der Waals surface area contributed by atoms with Gasteiger partial charge in [0, 0.05) is 21.5 Å². The van der Waals surface area contributed by atoms with Crippen LogP contribution >= 0.6 is 22.9 Å². The Bertz CT molecular complexity index is 880. The molecule has 0 amide bonds. The predicted molar refractivity (Wildman–Crippen MR) is 85.6 cm³/mol. The minimum Gasteiger partial charge on any atom is -0.267 e. The number of hydrogen-bond acceptors (Lipinski definition) is 3. The Morgan fingerprint density at radius 1 is 1.14 bits per heavy atom. The number of nitrogens with zero attached hydrogens (tertiary/aromatic N) is 2. The van der Waals surface area contributed by atoms with Gasteiger partial charge in [-0.15, -0.1) is 11.3 Å². The van der Waals surface area contributed by atoms with Gasteiger partial charge in [0.25, 0.3) is 5.56 Å². The Balaban J connectivity index is 1.93. The SMILES string of the molecule is O=c1cc2c(nn1-c1ccc(Cl)cc1)-c1ccsc1CC2. The van der Waals surface area contributed by atoms with Crippen LogP contribution in [0.5, 0.6) is 0 Å². The van der Waals surface area contributed by atoms with Crippen LogP contribution in [-0.2, 0) is 12.8 Å². The first-order chi connectivity index (χ1) is 10.2. The molecule has 2 aromatic heterocycles. The van der Waals surface area contributed by atoms with E-state index in [9.17, 15) is 4.79 Å². The van der Waals surface area contributed by atoms with Crippen molar-refractivity contribution in [3.63, 3.8) is 0 Å². The van der Waals surface area contributed by atoms with Crippen molar-refractivity contribution in [1.29, 1.82) is 0 Å². The molecule has 0 N–H and O–H groups in total. The van der Waals surface area contributed by atoms with Crippen LogP contribution in [0, 0.1) is 0 Å². The first-order valence-corrected chi connectivity index (χ1v) is 7.94. The molecule has 1 aliphatic carbocycles. The van der Waals surface area contributed by atoms with Crippen LogP contribution in [0.3, 0.4) is 0 Å². The number of aryl methyl sites for hydroxylation is 2. The minimum absolute atomic E-state index is 0.102. The van der Waals surface area contributed by atoms with Crippen molar-refractivity contribution in [2.45, 2.75) is 12.8 Å². The molecule has 5 heteroatoms. The minimum atomic E-state index is -0.102. The highest BCUT2D eigenvalue weighted by Crippen LogP contribution is 2.34. The molecule has 0 spiro atoms. The molecule has 4 rings (SSSR count). The van der Waals surface area contributed by atoms with Gasteiger partial charge in [-0.05, 0) is 54.1 Å². The summed E-state index contributed by atoms with van der Waals surface area (Å²) in [5, 5.41) is 7.32. The number of thiophene rings is 1. The maximum absolute atomic E-state index is 12.3. The first kappa shape index (κ1) is 12.8. The summed E-state index contributed by atoms with van der Waals surface area (Å²) < 4.78 is 1.45. The molecule has 0 saturated carbocycles. The van der Waals surface area contributed by atoms with Gasteiger partial charge in [-0.25, -0.2) is 0 Å². The van der Waals surface area contributed by atoms with Gasteiger partial charge in [-0.2, -0.15) is 9.78 Å². The van der Waals surface area contributed by atoms with Crippen molar-refractivity contribution in [1.82, 2.24) is 9.78 Å². The topological polar surface area (TPSA) is 34.9 Å². The van der Waals surface area contributed by atoms with Gasteiger partial charge in [-0.1, -0.05) is 11.6 Å². The molecule has 1 aromatic carbocycles. The van der Waals surface area contributed by atoms with Crippen LogP contribution < -0.4 is 5.56 Å². The zero-order chi connectivity index (χ0) is 14.4. The average Bonchev–Trinajstić information content (AvgIpc) is 2.96. The van der Waals surface area contributed by atoms with Crippen LogP contribution in [0.4, 0.5) is 0 Å². The van der Waals surface area contributed by atoms with Gasteiger partial charge in [0.05, 0.1) is 11.4 Å². The van der Waals surface area contributed by atoms with Crippen molar-refractivity contribution in [2.24, 2.45) is 0 Å². The Morgan fingerprint density at radius 2 is 1.95 bits per heavy atom. The second-order valence-electron chi connectivity index (χ2n) is 5.00. The van der Waals surface area contributed by atoms with Crippen molar-refractivity contribution in [3.8, 4) is 16.9 Å². The van der Waals surface area contributed by atoms with Crippen molar-refractivity contribution in [3.05, 3.63) is 67.6 Å². The maximum atomic E-state index is 12.3. The third-order valence-electron chi connectivity index (χ3n) is 3.70. The summed E-state index contributed by atoms with van der Waals surface area (Å²) in [5.41, 5.74) is 3.75. The van der Waals surface area contributed by atoms with E-state index in [0.717, 1.165) is 35.3 Å². The molecule has 0 aliphatic heterocycles. The Labute approximate surface area is 130 Å². The fraction of sp³-hybridized carbons (Fsp3) is 0.125. The van der Waals surface area contributed by atoms with Crippen LogP contribution in [0.2, 0.25) is 5.02 Å². The molecule has 0 unspecified atom stereocenters. The molecule has 104 valence electrons. The van der Waals surface area contributed by atoms with E-state index in [1.54, 1.807) is 41.7 Å². The Morgan fingerprint density at radius 3 is 2.76 bits per heavy atom. The third-order valence-corrected chi connectivity index (χ3v) is 4.94. The lowest BCUT2D eigenvalue weighted by Crippen LogP contribution is -2.23. The van der Waals surface area contributed by atoms with Crippen LogP contribution in [0.1, 0.15) is 10.4 Å². The summed E-state index contributed by atoms with van der Waals surface area (Å²) in [4.78, 5) is 13.6. The summed E-state index contributed by atoms with van der Waals surface area (Å²) in [7, 11) is 0. The number of hydrogen-bond donors (Lipinski definition) is 0. The summed E-state index contributed by atoms with van der Waals surface area (Å²) in [6.07, 6.45) is 1.87. The van der Waals surface area contributed by atoms with Gasteiger partial charge < -0.3 is 0 Å². The quantitative estimate of drug-likeness (QED) is 0.686. The second kappa shape index (κ2) is 4.83. The molecule has 21 heavy (non-hydrogen) atoms. The van der Waals surface area contributed by atoms with E-state index in [2.05, 4.69) is 16.5 Å². The number of fused-ring (bicyclic) bond motifs is 3. The number of benzene rings is 1. The van der Waals surface area contributed by atoms with E-state index in [4.69, 9.17) is 11.6 Å². The van der Waals surface area contributed by atoms with Gasteiger partial charge in [0.2, 0.25) is 0 Å². The van der Waals surface area contributed by atoms with E-state index >= 15 is 0 Å². The largest absolute Gasteiger partial charge is 0.271 e. The molecular weight excluding hydrogens is 304 g/mol. The first-order valence-electron chi connectivity index (χ1n) is 6.68. The molecule has 3 aromatic rings. The number of aromatic nitrogens is 2. The van der Waals surface area contributed by atoms with Crippen molar-refractivity contribution in [2.75, 3.05) is 0 Å². The molecule has 0 bridgehead atoms. The molecule has 0 saturated heterocycles. The lowest BCUT2D eigenvalue weighted by Gasteiger charge is -2.16. The molecule has 0 atom stereocenters. The third kappa shape index (κ3) is 2.11. The molecular formula is C16H11ClN2OS. The van der Waals surface area contributed by atoms with Crippen molar-refractivity contribution < 1.29 is 0 Å². The number of halogens is 1. The predicted octanol–water partition coefficient (Wildman–Crippen LogP) is 3.71. The van der Waals surface area contributed by atoms with Gasteiger partial charge in [0.15, 0.2) is 0 Å². The van der Waals surface area contributed by atoms with E-state index < -0.39 is 0 Å². The Kier molecular flexibility index (Phi) is 2.94. The van der Waals surface area contributed by atoms with Crippen molar-refractivity contribution >= 4 is 22.9 Å². The number of rotatable bonds is 1. The highest BCUT2D eigenvalue weighted by atomic mass is 35.5. The lowest BCUT2D eigenvalue weighted by atomic mass is 9.96. The summed E-state index contributed by atoms with van der Waals surface area (Å²) in [6.45, 7) is 0. The zero-order valence-corrected chi connectivity index (χ0v) is 12.6. The zero-order valence-electron chi connectivity index (χ0n) is 11.0. The fourth-order valence-electron chi connectivity index (χ4n) is 2.67. The molecule has 2 heterocycles. The van der Waals surface area contributed by atoms with Crippen LogP contribution in [-0.4, -0.2) is 9.78 Å². The lowest BCUT2D eigenvalue weighted by molar-refractivity contribution is 0.786. The Hall–Kier alpha value is -1.91. The molecule has 0 fully saturated rings. The normalized spacial score (nSPS) is 12.8. The van der Waals surface area contributed by atoms with E-state index in [0.29, 0.717) is 5.02 Å². The highest BCUT2D eigenvalue weighted by molar-refractivity contribution is 7.10. The maximum Gasteiger partial charge on any atom is 0.271 e.